The molecule has 0 aromatic heterocycles. The molecule has 2 rings (SSSR count). The van der Waals surface area contributed by atoms with Crippen LogP contribution in [0.3, 0.4) is 0 Å². The molecular formula is C10H19NO. The molecule has 2 fully saturated rings. The smallest absolute Gasteiger partial charge is 0.0692 e. The van der Waals surface area contributed by atoms with Gasteiger partial charge in [-0.1, -0.05) is 6.92 Å². The first-order valence-electron chi connectivity index (χ1n) is 5.17. The monoisotopic (exact) mass is 169 g/mol. The molecule has 1 atom stereocenters. The van der Waals surface area contributed by atoms with Crippen LogP contribution in [0.4, 0.5) is 0 Å². The summed E-state index contributed by atoms with van der Waals surface area (Å²) in [5.74, 6) is 1.52. The van der Waals surface area contributed by atoms with Crippen LogP contribution in [0.25, 0.3) is 0 Å². The molecule has 2 nitrogen and oxygen atoms in total. The highest BCUT2D eigenvalue weighted by molar-refractivity contribution is 4.86. The van der Waals surface area contributed by atoms with E-state index >= 15 is 0 Å². The van der Waals surface area contributed by atoms with E-state index in [0.29, 0.717) is 12.0 Å². The maximum atomic E-state index is 9.56. The summed E-state index contributed by atoms with van der Waals surface area (Å²) in [7, 11) is 0. The van der Waals surface area contributed by atoms with Gasteiger partial charge in [0.2, 0.25) is 0 Å². The molecule has 2 aliphatic rings. The molecule has 1 unspecified atom stereocenters. The second-order valence-corrected chi connectivity index (χ2v) is 4.59. The zero-order valence-corrected chi connectivity index (χ0v) is 7.79. The summed E-state index contributed by atoms with van der Waals surface area (Å²) in [6.45, 7) is 3.11. The Morgan fingerprint density at radius 2 is 2.08 bits per heavy atom. The Balaban J connectivity index is 1.56. The lowest BCUT2D eigenvalue weighted by molar-refractivity contribution is 0.130. The van der Waals surface area contributed by atoms with Crippen LogP contribution in [0.1, 0.15) is 32.6 Å². The fourth-order valence-corrected chi connectivity index (χ4v) is 2.00. The standard InChI is InChI=1S/C10H19NO/c1-7-4-9(5-7)11-6-10(12)8-2-3-8/h7-12H,2-6H2,1H3. The van der Waals surface area contributed by atoms with E-state index in [0.717, 1.165) is 12.5 Å². The van der Waals surface area contributed by atoms with E-state index in [4.69, 9.17) is 0 Å². The van der Waals surface area contributed by atoms with Gasteiger partial charge in [0, 0.05) is 12.6 Å². The molecule has 0 aromatic carbocycles. The van der Waals surface area contributed by atoms with Gasteiger partial charge in [-0.2, -0.15) is 0 Å². The van der Waals surface area contributed by atoms with Gasteiger partial charge in [-0.05, 0) is 37.5 Å². The number of nitrogens with one attached hydrogen (secondary N) is 1. The fourth-order valence-electron chi connectivity index (χ4n) is 2.00. The minimum absolute atomic E-state index is 0.0686. The third kappa shape index (κ3) is 1.99. The SMILES string of the molecule is CC1CC(NCC(O)C2CC2)C1. The lowest BCUT2D eigenvalue weighted by atomic mass is 9.82. The molecule has 0 amide bonds. The number of hydrogen-bond donors (Lipinski definition) is 2. The van der Waals surface area contributed by atoms with Gasteiger partial charge >= 0.3 is 0 Å². The van der Waals surface area contributed by atoms with Crippen LogP contribution in [0.2, 0.25) is 0 Å². The Hall–Kier alpha value is -0.0800. The Labute approximate surface area is 74.4 Å². The van der Waals surface area contributed by atoms with Crippen LogP contribution < -0.4 is 5.32 Å². The van der Waals surface area contributed by atoms with Crippen LogP contribution >= 0.6 is 0 Å². The van der Waals surface area contributed by atoms with Crippen molar-refractivity contribution in [2.45, 2.75) is 44.8 Å². The summed E-state index contributed by atoms with van der Waals surface area (Å²) < 4.78 is 0. The van der Waals surface area contributed by atoms with Crippen molar-refractivity contribution in [1.29, 1.82) is 0 Å². The van der Waals surface area contributed by atoms with Crippen LogP contribution in [-0.2, 0) is 0 Å². The highest BCUT2D eigenvalue weighted by atomic mass is 16.3. The average Bonchev–Trinajstić information content (AvgIpc) is 2.77. The zero-order chi connectivity index (χ0) is 8.55. The van der Waals surface area contributed by atoms with Crippen molar-refractivity contribution in [2.75, 3.05) is 6.54 Å². The van der Waals surface area contributed by atoms with E-state index in [1.807, 2.05) is 0 Å². The third-order valence-electron chi connectivity index (χ3n) is 3.16. The Morgan fingerprint density at radius 3 is 2.58 bits per heavy atom. The first kappa shape index (κ1) is 8.52. The number of rotatable bonds is 4. The highest BCUT2D eigenvalue weighted by Crippen LogP contribution is 2.33. The summed E-state index contributed by atoms with van der Waals surface area (Å²) in [5, 5.41) is 13.0. The summed E-state index contributed by atoms with van der Waals surface area (Å²) in [6, 6.07) is 0.702. The summed E-state index contributed by atoms with van der Waals surface area (Å²) in [4.78, 5) is 0. The predicted octanol–water partition coefficient (Wildman–Crippen LogP) is 1.15. The van der Waals surface area contributed by atoms with E-state index in [9.17, 15) is 5.11 Å². The van der Waals surface area contributed by atoms with Gasteiger partial charge in [0.05, 0.1) is 6.10 Å². The molecule has 0 aliphatic heterocycles. The number of aliphatic hydroxyl groups is 1. The van der Waals surface area contributed by atoms with Gasteiger partial charge in [0.15, 0.2) is 0 Å². The van der Waals surface area contributed by atoms with E-state index in [1.54, 1.807) is 0 Å². The molecule has 2 aliphatic carbocycles. The highest BCUT2D eigenvalue weighted by Gasteiger charge is 2.31. The maximum Gasteiger partial charge on any atom is 0.0692 e. The second kappa shape index (κ2) is 3.35. The average molecular weight is 169 g/mol. The van der Waals surface area contributed by atoms with Gasteiger partial charge in [-0.15, -0.1) is 0 Å². The number of hydrogen-bond acceptors (Lipinski definition) is 2. The van der Waals surface area contributed by atoms with Gasteiger partial charge in [0.25, 0.3) is 0 Å². The Bertz CT molecular complexity index is 150. The van der Waals surface area contributed by atoms with Crippen LogP contribution in [0.15, 0.2) is 0 Å². The predicted molar refractivity (Wildman–Crippen MR) is 48.9 cm³/mol. The fraction of sp³-hybridized carbons (Fsp3) is 1.00. The molecule has 2 saturated carbocycles. The van der Waals surface area contributed by atoms with Gasteiger partial charge < -0.3 is 10.4 Å². The van der Waals surface area contributed by atoms with Gasteiger partial charge in [0.1, 0.15) is 0 Å². The van der Waals surface area contributed by atoms with Crippen molar-refractivity contribution in [1.82, 2.24) is 5.32 Å². The summed E-state index contributed by atoms with van der Waals surface area (Å²) in [5.41, 5.74) is 0. The molecule has 0 radical (unpaired) electrons. The quantitative estimate of drug-likeness (QED) is 0.661. The van der Waals surface area contributed by atoms with Gasteiger partial charge in [-0.25, -0.2) is 0 Å². The topological polar surface area (TPSA) is 32.3 Å². The molecule has 2 N–H and O–H groups in total. The molecular weight excluding hydrogens is 150 g/mol. The zero-order valence-electron chi connectivity index (χ0n) is 7.79. The van der Waals surface area contributed by atoms with Crippen LogP contribution in [-0.4, -0.2) is 23.8 Å². The normalized spacial score (nSPS) is 37.5. The Kier molecular flexibility index (Phi) is 2.37. The van der Waals surface area contributed by atoms with Crippen molar-refractivity contribution < 1.29 is 5.11 Å². The van der Waals surface area contributed by atoms with Gasteiger partial charge in [-0.3, -0.25) is 0 Å². The third-order valence-corrected chi connectivity index (χ3v) is 3.16. The van der Waals surface area contributed by atoms with Crippen LogP contribution in [0.5, 0.6) is 0 Å². The largest absolute Gasteiger partial charge is 0.392 e. The number of aliphatic hydroxyl groups excluding tert-OH is 1. The minimum atomic E-state index is -0.0686. The van der Waals surface area contributed by atoms with Crippen molar-refractivity contribution in [3.8, 4) is 0 Å². The first-order chi connectivity index (χ1) is 5.75. The lowest BCUT2D eigenvalue weighted by Gasteiger charge is -2.34. The molecule has 2 heteroatoms. The van der Waals surface area contributed by atoms with E-state index in [2.05, 4.69) is 12.2 Å². The molecule has 0 heterocycles. The van der Waals surface area contributed by atoms with Crippen molar-refractivity contribution in [2.24, 2.45) is 11.8 Å². The van der Waals surface area contributed by atoms with E-state index in [-0.39, 0.29) is 6.10 Å². The summed E-state index contributed by atoms with van der Waals surface area (Å²) in [6.07, 6.45) is 5.02. The Morgan fingerprint density at radius 1 is 1.42 bits per heavy atom. The minimum Gasteiger partial charge on any atom is -0.392 e. The molecule has 0 saturated heterocycles. The molecule has 12 heavy (non-hydrogen) atoms. The molecule has 70 valence electrons. The van der Waals surface area contributed by atoms with Crippen molar-refractivity contribution in [3.05, 3.63) is 0 Å². The summed E-state index contributed by atoms with van der Waals surface area (Å²) >= 11 is 0. The maximum absolute atomic E-state index is 9.56. The van der Waals surface area contributed by atoms with Crippen LogP contribution in [0, 0.1) is 11.8 Å². The van der Waals surface area contributed by atoms with E-state index < -0.39 is 0 Å². The van der Waals surface area contributed by atoms with Crippen molar-refractivity contribution >= 4 is 0 Å². The van der Waals surface area contributed by atoms with Crippen molar-refractivity contribution in [3.63, 3.8) is 0 Å². The molecule has 0 spiro atoms. The molecule has 0 aromatic rings. The first-order valence-corrected chi connectivity index (χ1v) is 5.17. The van der Waals surface area contributed by atoms with E-state index in [1.165, 1.54) is 25.7 Å². The lowest BCUT2D eigenvalue weighted by Crippen LogP contribution is -2.43. The second-order valence-electron chi connectivity index (χ2n) is 4.59. The molecule has 0 bridgehead atoms.